The number of rotatable bonds is 6. The van der Waals surface area contributed by atoms with Crippen molar-refractivity contribution in [3.05, 3.63) is 34.9 Å². The smallest absolute Gasteiger partial charge is 0.220 e. The number of nitrogens with one attached hydrogen (secondary N) is 1. The van der Waals surface area contributed by atoms with Gasteiger partial charge in [-0.05, 0) is 38.3 Å². The standard InChI is InChI=1S/C14H20ClNO2/c1-14(2,18)10-16-13(17)9-5-7-11-6-3-4-8-12(11)15/h3-4,6,8,18H,5,7,9-10H2,1-2H3,(H,16,17). The number of amides is 1. The molecule has 0 aliphatic heterocycles. The maximum atomic E-state index is 11.5. The number of hydrogen-bond donors (Lipinski definition) is 2. The Bertz CT molecular complexity index is 399. The van der Waals surface area contributed by atoms with Crippen LogP contribution in [0.15, 0.2) is 24.3 Å². The molecule has 0 aliphatic rings. The third kappa shape index (κ3) is 6.03. The van der Waals surface area contributed by atoms with E-state index in [2.05, 4.69) is 5.32 Å². The normalized spacial score (nSPS) is 11.3. The number of aliphatic hydroxyl groups is 1. The summed E-state index contributed by atoms with van der Waals surface area (Å²) in [6, 6.07) is 7.65. The molecule has 0 aromatic heterocycles. The third-order valence-corrected chi connectivity index (χ3v) is 2.89. The lowest BCUT2D eigenvalue weighted by atomic mass is 10.1. The van der Waals surface area contributed by atoms with Gasteiger partial charge >= 0.3 is 0 Å². The molecule has 0 spiro atoms. The Morgan fingerprint density at radius 2 is 2.06 bits per heavy atom. The van der Waals surface area contributed by atoms with Gasteiger partial charge in [0.25, 0.3) is 0 Å². The van der Waals surface area contributed by atoms with Gasteiger partial charge in [-0.1, -0.05) is 29.8 Å². The van der Waals surface area contributed by atoms with Crippen LogP contribution in [0.4, 0.5) is 0 Å². The van der Waals surface area contributed by atoms with Crippen LogP contribution >= 0.6 is 11.6 Å². The Morgan fingerprint density at radius 3 is 2.67 bits per heavy atom. The van der Waals surface area contributed by atoms with E-state index in [0.717, 1.165) is 23.4 Å². The minimum Gasteiger partial charge on any atom is -0.389 e. The Balaban J connectivity index is 2.26. The van der Waals surface area contributed by atoms with Gasteiger partial charge in [0, 0.05) is 18.0 Å². The van der Waals surface area contributed by atoms with Gasteiger partial charge in [0.15, 0.2) is 0 Å². The number of carbonyl (C=O) groups excluding carboxylic acids is 1. The molecule has 0 radical (unpaired) electrons. The lowest BCUT2D eigenvalue weighted by Gasteiger charge is -2.17. The van der Waals surface area contributed by atoms with Crippen molar-refractivity contribution in [2.45, 2.75) is 38.7 Å². The second-order valence-electron chi connectivity index (χ2n) is 5.03. The van der Waals surface area contributed by atoms with Crippen LogP contribution in [0.2, 0.25) is 5.02 Å². The molecule has 0 aliphatic carbocycles. The van der Waals surface area contributed by atoms with Crippen LogP contribution in [-0.4, -0.2) is 23.2 Å². The van der Waals surface area contributed by atoms with Gasteiger partial charge in [0.2, 0.25) is 5.91 Å². The summed E-state index contributed by atoms with van der Waals surface area (Å²) in [5.41, 5.74) is 0.202. The van der Waals surface area contributed by atoms with Crippen molar-refractivity contribution < 1.29 is 9.90 Å². The van der Waals surface area contributed by atoms with E-state index in [1.54, 1.807) is 13.8 Å². The molecule has 18 heavy (non-hydrogen) atoms. The van der Waals surface area contributed by atoms with E-state index in [4.69, 9.17) is 11.6 Å². The van der Waals surface area contributed by atoms with Crippen LogP contribution in [-0.2, 0) is 11.2 Å². The fourth-order valence-corrected chi connectivity index (χ4v) is 1.77. The Hall–Kier alpha value is -1.06. The number of carbonyl (C=O) groups is 1. The summed E-state index contributed by atoms with van der Waals surface area (Å²) in [4.78, 5) is 11.5. The molecule has 100 valence electrons. The fourth-order valence-electron chi connectivity index (χ4n) is 1.54. The van der Waals surface area contributed by atoms with Crippen molar-refractivity contribution in [1.82, 2.24) is 5.32 Å². The van der Waals surface area contributed by atoms with Crippen LogP contribution in [0.25, 0.3) is 0 Å². The van der Waals surface area contributed by atoms with Gasteiger partial charge < -0.3 is 10.4 Å². The van der Waals surface area contributed by atoms with Crippen LogP contribution < -0.4 is 5.32 Å². The lowest BCUT2D eigenvalue weighted by molar-refractivity contribution is -0.122. The summed E-state index contributed by atoms with van der Waals surface area (Å²) >= 11 is 6.03. The summed E-state index contributed by atoms with van der Waals surface area (Å²) < 4.78 is 0. The number of halogens is 1. The average Bonchev–Trinajstić information content (AvgIpc) is 2.28. The Morgan fingerprint density at radius 1 is 1.39 bits per heavy atom. The van der Waals surface area contributed by atoms with E-state index in [1.165, 1.54) is 0 Å². The first-order valence-electron chi connectivity index (χ1n) is 6.11. The van der Waals surface area contributed by atoms with Crippen molar-refractivity contribution in [1.29, 1.82) is 0 Å². The Labute approximate surface area is 113 Å². The molecule has 0 saturated heterocycles. The molecule has 0 heterocycles. The largest absolute Gasteiger partial charge is 0.389 e. The van der Waals surface area contributed by atoms with Gasteiger partial charge in [0.1, 0.15) is 0 Å². The first-order valence-corrected chi connectivity index (χ1v) is 6.49. The van der Waals surface area contributed by atoms with Gasteiger partial charge in [-0.2, -0.15) is 0 Å². The molecule has 2 N–H and O–H groups in total. The molecule has 3 nitrogen and oxygen atoms in total. The van der Waals surface area contributed by atoms with E-state index in [0.29, 0.717) is 6.42 Å². The van der Waals surface area contributed by atoms with Gasteiger partial charge in [-0.25, -0.2) is 0 Å². The number of aryl methyl sites for hydroxylation is 1. The highest BCUT2D eigenvalue weighted by Gasteiger charge is 2.13. The molecule has 0 atom stereocenters. The predicted molar refractivity (Wildman–Crippen MR) is 73.7 cm³/mol. The first kappa shape index (κ1) is 15.0. The molecule has 0 unspecified atom stereocenters. The van der Waals surface area contributed by atoms with Crippen LogP contribution in [0, 0.1) is 0 Å². The summed E-state index contributed by atoms with van der Waals surface area (Å²) in [6.07, 6.45) is 1.98. The van der Waals surface area contributed by atoms with E-state index in [1.807, 2.05) is 24.3 Å². The van der Waals surface area contributed by atoms with E-state index >= 15 is 0 Å². The van der Waals surface area contributed by atoms with Gasteiger partial charge in [0.05, 0.1) is 5.60 Å². The van der Waals surface area contributed by atoms with Crippen LogP contribution in [0.1, 0.15) is 32.3 Å². The quantitative estimate of drug-likeness (QED) is 0.834. The molecule has 1 rings (SSSR count). The molecule has 0 fully saturated rings. The van der Waals surface area contributed by atoms with Gasteiger partial charge in [-0.15, -0.1) is 0 Å². The highest BCUT2D eigenvalue weighted by Crippen LogP contribution is 2.17. The highest BCUT2D eigenvalue weighted by molar-refractivity contribution is 6.31. The fraction of sp³-hybridized carbons (Fsp3) is 0.500. The molecule has 1 aromatic carbocycles. The van der Waals surface area contributed by atoms with E-state index in [-0.39, 0.29) is 12.5 Å². The topological polar surface area (TPSA) is 49.3 Å². The van der Waals surface area contributed by atoms with Crippen LogP contribution in [0.5, 0.6) is 0 Å². The summed E-state index contributed by atoms with van der Waals surface area (Å²) in [6.45, 7) is 3.60. The van der Waals surface area contributed by atoms with E-state index in [9.17, 15) is 9.90 Å². The van der Waals surface area contributed by atoms with Crippen molar-refractivity contribution in [3.8, 4) is 0 Å². The first-order chi connectivity index (χ1) is 8.38. The molecule has 0 bridgehead atoms. The molecule has 4 heteroatoms. The average molecular weight is 270 g/mol. The van der Waals surface area contributed by atoms with E-state index < -0.39 is 5.60 Å². The Kier molecular flexibility index (Phi) is 5.63. The lowest BCUT2D eigenvalue weighted by Crippen LogP contribution is -2.38. The minimum atomic E-state index is -0.863. The van der Waals surface area contributed by atoms with Crippen LogP contribution in [0.3, 0.4) is 0 Å². The highest BCUT2D eigenvalue weighted by atomic mass is 35.5. The number of hydrogen-bond acceptors (Lipinski definition) is 2. The third-order valence-electron chi connectivity index (χ3n) is 2.53. The maximum Gasteiger partial charge on any atom is 0.220 e. The van der Waals surface area contributed by atoms with Gasteiger partial charge in [-0.3, -0.25) is 4.79 Å². The SMILES string of the molecule is CC(C)(O)CNC(=O)CCCc1ccccc1Cl. The predicted octanol–water partition coefficient (Wildman–Crippen LogP) is 2.55. The van der Waals surface area contributed by atoms with Crippen molar-refractivity contribution >= 4 is 17.5 Å². The molecular weight excluding hydrogens is 250 g/mol. The molecule has 0 saturated carbocycles. The molecule has 1 amide bonds. The second-order valence-corrected chi connectivity index (χ2v) is 5.44. The minimum absolute atomic E-state index is 0.0378. The zero-order valence-corrected chi connectivity index (χ0v) is 11.6. The molecular formula is C14H20ClNO2. The zero-order valence-electron chi connectivity index (χ0n) is 10.9. The monoisotopic (exact) mass is 269 g/mol. The van der Waals surface area contributed by atoms with Crippen molar-refractivity contribution in [3.63, 3.8) is 0 Å². The number of benzene rings is 1. The summed E-state index contributed by atoms with van der Waals surface area (Å²) in [5, 5.41) is 12.9. The summed E-state index contributed by atoms with van der Waals surface area (Å²) in [7, 11) is 0. The van der Waals surface area contributed by atoms with Crippen molar-refractivity contribution in [2.75, 3.05) is 6.54 Å². The zero-order chi connectivity index (χ0) is 13.6. The molecule has 1 aromatic rings. The maximum absolute atomic E-state index is 11.5. The second kappa shape index (κ2) is 6.76. The van der Waals surface area contributed by atoms with Crippen molar-refractivity contribution in [2.24, 2.45) is 0 Å². The summed E-state index contributed by atoms with van der Waals surface area (Å²) in [5.74, 6) is -0.0378.